The van der Waals surface area contributed by atoms with Gasteiger partial charge in [0.1, 0.15) is 0 Å². The third kappa shape index (κ3) is 9.86. The first-order chi connectivity index (χ1) is 25.0. The Balaban J connectivity index is 0.00000107. The number of aromatic nitrogens is 1. The van der Waals surface area contributed by atoms with Gasteiger partial charge in [0.15, 0.2) is 12.4 Å². The van der Waals surface area contributed by atoms with Gasteiger partial charge in [0, 0.05) is 36.6 Å². The first-order valence-corrected chi connectivity index (χ1v) is 22.0. The molecule has 0 amide bonds. The molecular formula is C45H45Cl3CoN2+. The molecule has 1 aliphatic carbocycles. The molecule has 0 spiro atoms. The van der Waals surface area contributed by atoms with Crippen molar-refractivity contribution >= 4 is 36.1 Å². The van der Waals surface area contributed by atoms with E-state index in [1.54, 1.807) is 0 Å². The van der Waals surface area contributed by atoms with E-state index in [0.29, 0.717) is 5.92 Å². The van der Waals surface area contributed by atoms with Crippen molar-refractivity contribution in [2.24, 2.45) is 0 Å². The number of nitrogens with zero attached hydrogens (tertiary/aromatic N) is 1. The molecule has 1 aliphatic rings. The summed E-state index contributed by atoms with van der Waals surface area (Å²) >= 11 is 0. The summed E-state index contributed by atoms with van der Waals surface area (Å²) in [5.74, 6) is 0.709. The molecule has 0 bridgehead atoms. The van der Waals surface area contributed by atoms with E-state index in [4.69, 9.17) is 30.4 Å². The normalized spacial score (nSPS) is 14.0. The van der Waals surface area contributed by atoms with Crippen molar-refractivity contribution in [1.29, 1.82) is 0 Å². The third-order valence-corrected chi connectivity index (χ3v) is 9.98. The minimum absolute atomic E-state index is 0.0716. The fourth-order valence-corrected chi connectivity index (χ4v) is 7.67. The summed E-state index contributed by atoms with van der Waals surface area (Å²) in [6.07, 6.45) is 10.8. The molecule has 7 rings (SSSR count). The number of rotatable bonds is 10. The van der Waals surface area contributed by atoms with E-state index in [9.17, 15) is 0 Å². The van der Waals surface area contributed by atoms with Gasteiger partial charge < -0.3 is 5.32 Å². The summed E-state index contributed by atoms with van der Waals surface area (Å²) in [4.78, 5) is 0. The second kappa shape index (κ2) is 18.8. The van der Waals surface area contributed by atoms with E-state index in [2.05, 4.69) is 181 Å². The molecule has 1 atom stereocenters. The third-order valence-electron chi connectivity index (χ3n) is 9.98. The zero-order valence-electron chi connectivity index (χ0n) is 28.8. The molecule has 6 heteroatoms. The molecule has 5 aromatic carbocycles. The van der Waals surface area contributed by atoms with Gasteiger partial charge in [-0.25, -0.2) is 0 Å². The van der Waals surface area contributed by atoms with Gasteiger partial charge in [-0.3, -0.25) is 0 Å². The fraction of sp³-hybridized carbons (Fsp3) is 0.222. The maximum absolute atomic E-state index is 4.87. The van der Waals surface area contributed by atoms with Crippen LogP contribution in [-0.2, 0) is 10.9 Å². The molecule has 1 N–H and O–H groups in total. The van der Waals surface area contributed by atoms with Crippen molar-refractivity contribution in [1.82, 2.24) is 0 Å². The van der Waals surface area contributed by atoms with Gasteiger partial charge in [0.2, 0.25) is 6.17 Å². The van der Waals surface area contributed by atoms with Gasteiger partial charge in [-0.1, -0.05) is 159 Å². The predicted octanol–water partition coefficient (Wildman–Crippen LogP) is 13.1. The van der Waals surface area contributed by atoms with Crippen molar-refractivity contribution < 1.29 is 15.5 Å². The molecule has 1 saturated carbocycles. The van der Waals surface area contributed by atoms with Crippen LogP contribution in [0.5, 0.6) is 0 Å². The number of pyridine rings is 1. The zero-order chi connectivity index (χ0) is 35.4. The SMILES string of the molecule is CC(Nc1c(C2CCCCC2)cc(C(c2ccccc2)c2ccccc2)cc1C(c1ccccc1)c1ccccc1)[n+]1ccccc1.[Cl][Co]([Cl])[Cl]. The number of nitrogens with one attached hydrogen (secondary N) is 1. The summed E-state index contributed by atoms with van der Waals surface area (Å²) in [5, 5.41) is 4.12. The topological polar surface area (TPSA) is 15.9 Å². The molecule has 0 aliphatic heterocycles. The summed E-state index contributed by atoms with van der Waals surface area (Å²) in [5.41, 5.74) is 10.7. The Morgan fingerprint density at radius 3 is 1.41 bits per heavy atom. The van der Waals surface area contributed by atoms with Crippen LogP contribution >= 0.6 is 30.4 Å². The maximum atomic E-state index is 4.87. The summed E-state index contributed by atoms with van der Waals surface area (Å²) in [6, 6.07) is 55.8. The van der Waals surface area contributed by atoms with Gasteiger partial charge >= 0.3 is 41.4 Å². The fourth-order valence-electron chi connectivity index (χ4n) is 7.67. The van der Waals surface area contributed by atoms with Crippen LogP contribution in [0.15, 0.2) is 164 Å². The van der Waals surface area contributed by atoms with Crippen LogP contribution in [0.3, 0.4) is 0 Å². The van der Waals surface area contributed by atoms with Crippen molar-refractivity contribution in [2.75, 3.05) is 5.32 Å². The minimum atomic E-state index is -1.19. The van der Waals surface area contributed by atoms with Crippen LogP contribution in [0.2, 0.25) is 0 Å². The molecule has 1 fully saturated rings. The van der Waals surface area contributed by atoms with E-state index in [1.165, 1.54) is 76.7 Å². The van der Waals surface area contributed by atoms with Crippen LogP contribution in [0, 0.1) is 0 Å². The summed E-state index contributed by atoms with van der Waals surface area (Å²) in [7, 11) is 13.4. The molecule has 264 valence electrons. The second-order valence-corrected chi connectivity index (χ2v) is 18.4. The molecule has 6 aromatic rings. The first-order valence-electron chi connectivity index (χ1n) is 17.7. The molecule has 1 heterocycles. The quantitative estimate of drug-likeness (QED) is 0.108. The van der Waals surface area contributed by atoms with Gasteiger partial charge in [-0.2, -0.15) is 4.57 Å². The Morgan fingerprint density at radius 1 is 0.549 bits per heavy atom. The van der Waals surface area contributed by atoms with Crippen LogP contribution in [0.25, 0.3) is 0 Å². The second-order valence-electron chi connectivity index (χ2n) is 13.2. The van der Waals surface area contributed by atoms with Crippen LogP contribution in [-0.4, -0.2) is 0 Å². The Kier molecular flexibility index (Phi) is 13.7. The van der Waals surface area contributed by atoms with Gasteiger partial charge in [-0.05, 0) is 57.7 Å². The Morgan fingerprint density at radius 2 is 0.961 bits per heavy atom. The van der Waals surface area contributed by atoms with Crippen molar-refractivity contribution in [3.63, 3.8) is 0 Å². The van der Waals surface area contributed by atoms with Crippen LogP contribution in [0.4, 0.5) is 5.69 Å². The van der Waals surface area contributed by atoms with Gasteiger partial charge in [0.25, 0.3) is 0 Å². The number of hydrogen-bond acceptors (Lipinski definition) is 1. The Bertz CT molecular complexity index is 1820. The number of halogens is 3. The van der Waals surface area contributed by atoms with E-state index in [1.807, 2.05) is 0 Å². The number of hydrogen-bond donors (Lipinski definition) is 1. The average Bonchev–Trinajstić information content (AvgIpc) is 3.18. The molecule has 0 radical (unpaired) electrons. The summed E-state index contributed by atoms with van der Waals surface area (Å²) in [6.45, 7) is 2.28. The number of anilines is 1. The molecular weight excluding hydrogens is 734 g/mol. The molecule has 2 nitrogen and oxygen atoms in total. The standard InChI is InChI=1S/C45H45N2.3ClH.Co/c1-34(47-30-18-7-19-31-47)46-45-41(35-20-8-2-9-21-35)32-40(43(36-22-10-3-11-23-36)37-24-12-4-13-25-37)33-42(45)44(38-26-14-5-15-27-38)39-28-16-6-17-29-39;;;;/h3-7,10-19,22-35,43-44,46H,2,8-9,20-21H2,1H3;3*1H;/q+1;;;;+3/p-3. The van der Waals surface area contributed by atoms with Crippen molar-refractivity contribution in [2.45, 2.75) is 62.9 Å². The van der Waals surface area contributed by atoms with E-state index in [0.717, 1.165) is 0 Å². The predicted molar refractivity (Wildman–Crippen MR) is 212 cm³/mol. The van der Waals surface area contributed by atoms with Crippen molar-refractivity contribution in [3.05, 3.63) is 203 Å². The van der Waals surface area contributed by atoms with Crippen LogP contribution in [0.1, 0.15) is 102 Å². The molecule has 1 unspecified atom stereocenters. The van der Waals surface area contributed by atoms with Gasteiger partial charge in [-0.15, -0.1) is 0 Å². The average molecular weight is 779 g/mol. The van der Waals surface area contributed by atoms with Crippen LogP contribution < -0.4 is 9.88 Å². The zero-order valence-corrected chi connectivity index (χ0v) is 32.2. The molecule has 0 saturated heterocycles. The molecule has 51 heavy (non-hydrogen) atoms. The Hall–Kier alpha value is -3.57. The first kappa shape index (κ1) is 37.2. The van der Waals surface area contributed by atoms with Crippen molar-refractivity contribution in [3.8, 4) is 0 Å². The van der Waals surface area contributed by atoms with E-state index in [-0.39, 0.29) is 18.0 Å². The summed E-state index contributed by atoms with van der Waals surface area (Å²) < 4.78 is 2.28. The van der Waals surface area contributed by atoms with Gasteiger partial charge in [0.05, 0.1) is 0 Å². The van der Waals surface area contributed by atoms with E-state index >= 15 is 0 Å². The van der Waals surface area contributed by atoms with E-state index < -0.39 is 10.9 Å². The monoisotopic (exact) mass is 777 g/mol. The molecule has 1 aromatic heterocycles. The number of benzene rings is 5. The Labute approximate surface area is 321 Å².